The number of carboxylic acid groups (broad SMARTS) is 1. The van der Waals surface area contributed by atoms with Crippen molar-refractivity contribution >= 4 is 58.7 Å². The number of rotatable bonds is 10. The molecule has 48 heavy (non-hydrogen) atoms. The highest BCUT2D eigenvalue weighted by atomic mass is 35.5. The molecule has 254 valence electrons. The van der Waals surface area contributed by atoms with Crippen molar-refractivity contribution in [1.82, 2.24) is 15.1 Å². The van der Waals surface area contributed by atoms with Crippen LogP contribution in [0.2, 0.25) is 15.1 Å². The fraction of sp³-hybridized carbons (Fsp3) is 0.343. The molecule has 2 aliphatic heterocycles. The normalized spacial score (nSPS) is 18.4. The molecule has 2 atom stereocenters. The molecule has 13 heteroatoms. The summed E-state index contributed by atoms with van der Waals surface area (Å²) in [6.45, 7) is 3.09. The average Bonchev–Trinajstić information content (AvgIpc) is 3.91. The van der Waals surface area contributed by atoms with Crippen molar-refractivity contribution in [2.45, 2.75) is 50.9 Å². The van der Waals surface area contributed by atoms with Crippen molar-refractivity contribution < 1.29 is 33.4 Å². The van der Waals surface area contributed by atoms with Crippen molar-refractivity contribution in [3.8, 4) is 11.5 Å². The minimum Gasteiger partial charge on any atom is -0.490 e. The van der Waals surface area contributed by atoms with E-state index in [1.165, 1.54) is 18.2 Å². The summed E-state index contributed by atoms with van der Waals surface area (Å²) >= 11 is 18.9. The summed E-state index contributed by atoms with van der Waals surface area (Å²) in [6, 6.07) is 16.9. The van der Waals surface area contributed by atoms with Crippen LogP contribution in [-0.4, -0.2) is 77.6 Å². The molecule has 0 unspecified atom stereocenters. The van der Waals surface area contributed by atoms with Gasteiger partial charge in [-0.2, -0.15) is 0 Å². The Bertz CT molecular complexity index is 1680. The summed E-state index contributed by atoms with van der Waals surface area (Å²) in [6.07, 6.45) is 2.45. The first-order chi connectivity index (χ1) is 23.1. The van der Waals surface area contributed by atoms with Crippen molar-refractivity contribution in [1.29, 1.82) is 0 Å². The van der Waals surface area contributed by atoms with Gasteiger partial charge in [0.2, 0.25) is 5.91 Å². The van der Waals surface area contributed by atoms with E-state index in [0.717, 1.165) is 29.5 Å². The predicted molar refractivity (Wildman–Crippen MR) is 182 cm³/mol. The number of hydrogen-bond donors (Lipinski definition) is 2. The summed E-state index contributed by atoms with van der Waals surface area (Å²) in [5.41, 5.74) is 3.37. The Kier molecular flexibility index (Phi) is 11.9. The number of benzene rings is 3. The van der Waals surface area contributed by atoms with E-state index in [1.807, 2.05) is 46.2 Å². The van der Waals surface area contributed by atoms with E-state index in [1.54, 1.807) is 13.0 Å². The largest absolute Gasteiger partial charge is 0.490 e. The molecule has 1 saturated heterocycles. The van der Waals surface area contributed by atoms with Gasteiger partial charge in [0.1, 0.15) is 30.5 Å². The van der Waals surface area contributed by atoms with Crippen molar-refractivity contribution in [3.05, 3.63) is 98.2 Å². The lowest BCUT2D eigenvalue weighted by Gasteiger charge is -2.44. The molecule has 3 aromatic rings. The standard InChI is InChI=1S/C34H33Cl3FN3O4.CH2O2/c1-20(42)40-18-24-16-27(21-5-10-26(11-6-21)44-13-14-45-31-15-23(38)7-12-28(31)35)32(30(19-40)39-24)34(43)41(25-8-9-25)17-22-3-2-4-29(36)33(22)37;2-1-3/h2-7,10-12,15,24-25,30,39H,8-9,13-14,16-19H2,1H3;1H,(H,2,3)/t24-,30-;/m1./s1. The van der Waals surface area contributed by atoms with E-state index in [2.05, 4.69) is 5.32 Å². The number of nitrogens with zero attached hydrogens (tertiary/aromatic N) is 2. The van der Waals surface area contributed by atoms with Crippen molar-refractivity contribution in [3.63, 3.8) is 0 Å². The Morgan fingerprint density at radius 1 is 1.02 bits per heavy atom. The highest BCUT2D eigenvalue weighted by Crippen LogP contribution is 2.38. The molecule has 3 aromatic carbocycles. The molecule has 1 saturated carbocycles. The highest BCUT2D eigenvalue weighted by Gasteiger charge is 2.43. The van der Waals surface area contributed by atoms with Crippen LogP contribution in [0.5, 0.6) is 11.5 Å². The third kappa shape index (κ3) is 8.60. The van der Waals surface area contributed by atoms with Gasteiger partial charge in [-0.1, -0.05) is 59.1 Å². The van der Waals surface area contributed by atoms with E-state index in [4.69, 9.17) is 54.2 Å². The topological polar surface area (TPSA) is 108 Å². The molecule has 6 rings (SSSR count). The monoisotopic (exact) mass is 717 g/mol. The molecule has 0 aromatic heterocycles. The second kappa shape index (κ2) is 16.0. The first-order valence-corrected chi connectivity index (χ1v) is 16.6. The lowest BCUT2D eigenvalue weighted by atomic mass is 9.82. The third-order valence-electron chi connectivity index (χ3n) is 8.41. The maximum absolute atomic E-state index is 14.5. The van der Waals surface area contributed by atoms with Crippen LogP contribution in [0.25, 0.3) is 5.57 Å². The lowest BCUT2D eigenvalue weighted by molar-refractivity contribution is -0.132. The van der Waals surface area contributed by atoms with Gasteiger partial charge in [0.05, 0.1) is 21.1 Å². The van der Waals surface area contributed by atoms with Crippen LogP contribution < -0.4 is 14.8 Å². The van der Waals surface area contributed by atoms with Gasteiger partial charge in [-0.05, 0) is 66.3 Å². The van der Waals surface area contributed by atoms with Crippen molar-refractivity contribution in [2.75, 3.05) is 26.3 Å². The number of carbonyl (C=O) groups is 3. The Morgan fingerprint density at radius 2 is 1.73 bits per heavy atom. The Balaban J connectivity index is 0.00000145. The van der Waals surface area contributed by atoms with Gasteiger partial charge in [0, 0.05) is 50.3 Å². The Labute approximate surface area is 293 Å². The third-order valence-corrected chi connectivity index (χ3v) is 9.58. The maximum atomic E-state index is 14.5. The maximum Gasteiger partial charge on any atom is 0.290 e. The van der Waals surface area contributed by atoms with Gasteiger partial charge in [-0.25, -0.2) is 4.39 Å². The van der Waals surface area contributed by atoms with Crippen LogP contribution in [0.15, 0.2) is 66.2 Å². The molecule has 2 N–H and O–H groups in total. The second-order valence-corrected chi connectivity index (χ2v) is 12.9. The molecule has 0 spiro atoms. The highest BCUT2D eigenvalue weighted by molar-refractivity contribution is 6.42. The summed E-state index contributed by atoms with van der Waals surface area (Å²) in [5, 5.41) is 11.7. The van der Waals surface area contributed by atoms with Gasteiger partial charge in [-0.3, -0.25) is 14.4 Å². The number of amides is 2. The van der Waals surface area contributed by atoms with Crippen LogP contribution in [0.1, 0.15) is 37.3 Å². The van der Waals surface area contributed by atoms with Crippen LogP contribution in [-0.2, 0) is 20.9 Å². The first kappa shape index (κ1) is 35.5. The van der Waals surface area contributed by atoms with Crippen LogP contribution in [0, 0.1) is 5.82 Å². The Hall–Kier alpha value is -3.83. The zero-order valence-corrected chi connectivity index (χ0v) is 28.4. The zero-order chi connectivity index (χ0) is 34.4. The van der Waals surface area contributed by atoms with Gasteiger partial charge < -0.3 is 29.7 Å². The van der Waals surface area contributed by atoms with Crippen LogP contribution in [0.3, 0.4) is 0 Å². The van der Waals surface area contributed by atoms with Gasteiger partial charge >= 0.3 is 0 Å². The molecule has 3 aliphatic rings. The number of halogens is 4. The predicted octanol–water partition coefficient (Wildman–Crippen LogP) is 6.48. The average molecular weight is 719 g/mol. The summed E-state index contributed by atoms with van der Waals surface area (Å²) in [4.78, 5) is 39.0. The molecule has 2 bridgehead atoms. The fourth-order valence-electron chi connectivity index (χ4n) is 6.04. The summed E-state index contributed by atoms with van der Waals surface area (Å²) in [7, 11) is 0. The molecule has 9 nitrogen and oxygen atoms in total. The van der Waals surface area contributed by atoms with E-state index in [9.17, 15) is 14.0 Å². The molecule has 2 amide bonds. The molecule has 0 radical (unpaired) electrons. The number of hydrogen-bond acceptors (Lipinski definition) is 6. The molecule has 2 heterocycles. The van der Waals surface area contributed by atoms with Gasteiger partial charge in [0.15, 0.2) is 0 Å². The number of piperazine rings is 1. The van der Waals surface area contributed by atoms with E-state index >= 15 is 0 Å². The molecule has 1 aliphatic carbocycles. The van der Waals surface area contributed by atoms with Gasteiger partial charge in [-0.15, -0.1) is 0 Å². The minimum atomic E-state index is -0.428. The minimum absolute atomic E-state index is 0.00309. The number of nitrogens with one attached hydrogen (secondary N) is 1. The van der Waals surface area contributed by atoms with Crippen LogP contribution >= 0.6 is 34.8 Å². The SMILES string of the molecule is CC(=O)N1C[C@H]2CC(c3ccc(OCCOc4cc(F)ccc4Cl)cc3)=C(C(=O)N(Cc3cccc(Cl)c3Cl)C3CC3)[C@@H](C1)N2.O=CO. The zero-order valence-electron chi connectivity index (χ0n) is 26.1. The fourth-order valence-corrected chi connectivity index (χ4v) is 6.59. The number of carbonyl (C=O) groups excluding carboxylic acids is 2. The van der Waals surface area contributed by atoms with Crippen LogP contribution in [0.4, 0.5) is 4.39 Å². The van der Waals surface area contributed by atoms with Crippen molar-refractivity contribution in [2.24, 2.45) is 0 Å². The second-order valence-electron chi connectivity index (χ2n) is 11.7. The van der Waals surface area contributed by atoms with E-state index < -0.39 is 5.82 Å². The molecular formula is C35H35Cl3FN3O6. The quantitative estimate of drug-likeness (QED) is 0.183. The lowest BCUT2D eigenvalue weighted by Crippen LogP contribution is -2.61. The summed E-state index contributed by atoms with van der Waals surface area (Å²) in [5.74, 6) is 0.406. The smallest absolute Gasteiger partial charge is 0.290 e. The molecular weight excluding hydrogens is 684 g/mol. The number of ether oxygens (including phenoxy) is 2. The van der Waals surface area contributed by atoms with E-state index in [-0.39, 0.29) is 55.4 Å². The first-order valence-electron chi connectivity index (χ1n) is 15.5. The number of fused-ring (bicyclic) bond motifs is 2. The Morgan fingerprint density at radius 3 is 2.42 bits per heavy atom. The van der Waals surface area contributed by atoms with Gasteiger partial charge in [0.25, 0.3) is 12.4 Å². The summed E-state index contributed by atoms with van der Waals surface area (Å²) < 4.78 is 24.9. The van der Waals surface area contributed by atoms with E-state index in [0.29, 0.717) is 52.4 Å². The molecule has 2 fully saturated rings.